The monoisotopic (exact) mass is 251 g/mol. The third kappa shape index (κ3) is 3.56. The number of hydrogen-bond acceptors (Lipinski definition) is 3. The molecule has 0 aromatic carbocycles. The summed E-state index contributed by atoms with van der Waals surface area (Å²) in [4.78, 5) is 0. The quantitative estimate of drug-likeness (QED) is 0.714. The van der Waals surface area contributed by atoms with Crippen LogP contribution in [0.15, 0.2) is 12.4 Å². The molecule has 0 amide bonds. The maximum Gasteiger partial charge on any atom is 0.0587 e. The number of ether oxygens (including phenoxy) is 1. The second kappa shape index (κ2) is 5.85. The van der Waals surface area contributed by atoms with Crippen LogP contribution in [0, 0.1) is 11.3 Å². The molecular formula is C14H25N3O. The molecule has 0 saturated heterocycles. The zero-order valence-corrected chi connectivity index (χ0v) is 11.8. The Labute approximate surface area is 110 Å². The van der Waals surface area contributed by atoms with Crippen LogP contribution in [0.4, 0.5) is 0 Å². The van der Waals surface area contributed by atoms with Gasteiger partial charge < -0.3 is 10.1 Å². The van der Waals surface area contributed by atoms with Gasteiger partial charge in [0.05, 0.1) is 12.8 Å². The van der Waals surface area contributed by atoms with Gasteiger partial charge in [-0.3, -0.25) is 4.68 Å². The predicted molar refractivity (Wildman–Crippen MR) is 72.5 cm³/mol. The minimum Gasteiger partial charge on any atom is -0.383 e. The highest BCUT2D eigenvalue weighted by molar-refractivity contribution is 5.10. The van der Waals surface area contributed by atoms with Crippen LogP contribution in [-0.4, -0.2) is 36.6 Å². The summed E-state index contributed by atoms with van der Waals surface area (Å²) >= 11 is 0. The smallest absolute Gasteiger partial charge is 0.0587 e. The van der Waals surface area contributed by atoms with E-state index < -0.39 is 0 Å². The lowest BCUT2D eigenvalue weighted by Crippen LogP contribution is -2.37. The first kappa shape index (κ1) is 13.6. The van der Waals surface area contributed by atoms with Crippen LogP contribution in [0.3, 0.4) is 0 Å². The van der Waals surface area contributed by atoms with E-state index in [0.717, 1.165) is 32.0 Å². The fourth-order valence-corrected chi connectivity index (χ4v) is 2.71. The van der Waals surface area contributed by atoms with Crippen molar-refractivity contribution in [3.63, 3.8) is 0 Å². The van der Waals surface area contributed by atoms with E-state index in [-0.39, 0.29) is 0 Å². The number of aryl methyl sites for hydroxylation is 1. The highest BCUT2D eigenvalue weighted by Gasteiger charge is 2.41. The first-order valence-electron chi connectivity index (χ1n) is 6.81. The average molecular weight is 251 g/mol. The molecule has 1 N–H and O–H groups in total. The predicted octanol–water partition coefficient (Wildman–Crippen LogP) is 1.61. The molecule has 18 heavy (non-hydrogen) atoms. The fourth-order valence-electron chi connectivity index (χ4n) is 2.71. The SMILES string of the molecule is COCCNCC(C)(Cc1cnn(C)c1)C1CC1. The number of hydrogen-bond donors (Lipinski definition) is 1. The summed E-state index contributed by atoms with van der Waals surface area (Å²) in [6, 6.07) is 0. The summed E-state index contributed by atoms with van der Waals surface area (Å²) < 4.78 is 6.97. The normalized spacial score (nSPS) is 18.8. The van der Waals surface area contributed by atoms with Crippen LogP contribution < -0.4 is 5.32 Å². The van der Waals surface area contributed by atoms with Gasteiger partial charge in [0.15, 0.2) is 0 Å². The zero-order chi connectivity index (χ0) is 13.0. The average Bonchev–Trinajstić information content (AvgIpc) is 3.11. The standard InChI is InChI=1S/C14H25N3O/c1-14(13-4-5-13,11-15-6-7-18-3)8-12-9-16-17(2)10-12/h9-10,13,15H,4-8,11H2,1-3H3. The molecule has 4 heteroatoms. The van der Waals surface area contributed by atoms with Gasteiger partial charge in [-0.2, -0.15) is 5.10 Å². The van der Waals surface area contributed by atoms with Crippen molar-refractivity contribution in [3.8, 4) is 0 Å². The van der Waals surface area contributed by atoms with Crippen LogP contribution in [0.2, 0.25) is 0 Å². The minimum absolute atomic E-state index is 0.358. The Hall–Kier alpha value is -0.870. The van der Waals surface area contributed by atoms with Crippen molar-refractivity contribution in [2.75, 3.05) is 26.8 Å². The van der Waals surface area contributed by atoms with Crippen molar-refractivity contribution >= 4 is 0 Å². The van der Waals surface area contributed by atoms with Crippen LogP contribution >= 0.6 is 0 Å². The summed E-state index contributed by atoms with van der Waals surface area (Å²) in [7, 11) is 3.73. The first-order valence-corrected chi connectivity index (χ1v) is 6.81. The van der Waals surface area contributed by atoms with Gasteiger partial charge in [-0.15, -0.1) is 0 Å². The van der Waals surface area contributed by atoms with E-state index in [0.29, 0.717) is 5.41 Å². The molecule has 1 aliphatic carbocycles. The zero-order valence-electron chi connectivity index (χ0n) is 11.8. The maximum atomic E-state index is 5.08. The lowest BCUT2D eigenvalue weighted by Gasteiger charge is -2.30. The summed E-state index contributed by atoms with van der Waals surface area (Å²) in [6.07, 6.45) is 8.00. The van der Waals surface area contributed by atoms with E-state index in [9.17, 15) is 0 Å². The first-order chi connectivity index (χ1) is 8.64. The van der Waals surface area contributed by atoms with Gasteiger partial charge in [-0.1, -0.05) is 6.92 Å². The van der Waals surface area contributed by atoms with Gasteiger partial charge in [0, 0.05) is 33.4 Å². The molecule has 0 bridgehead atoms. The molecule has 1 heterocycles. The number of aromatic nitrogens is 2. The Morgan fingerprint density at radius 3 is 2.89 bits per heavy atom. The van der Waals surface area contributed by atoms with Crippen LogP contribution in [-0.2, 0) is 18.2 Å². The molecule has 0 aliphatic heterocycles. The Morgan fingerprint density at radius 2 is 2.33 bits per heavy atom. The molecule has 0 spiro atoms. The van der Waals surface area contributed by atoms with Crippen LogP contribution in [0.25, 0.3) is 0 Å². The largest absolute Gasteiger partial charge is 0.383 e. The van der Waals surface area contributed by atoms with E-state index >= 15 is 0 Å². The molecule has 1 fully saturated rings. The lowest BCUT2D eigenvalue weighted by atomic mass is 9.79. The third-order valence-electron chi connectivity index (χ3n) is 3.94. The Bertz CT molecular complexity index is 373. The maximum absolute atomic E-state index is 5.08. The molecule has 4 nitrogen and oxygen atoms in total. The van der Waals surface area contributed by atoms with Crippen molar-refractivity contribution in [1.29, 1.82) is 0 Å². The van der Waals surface area contributed by atoms with E-state index in [1.54, 1.807) is 7.11 Å². The molecule has 1 saturated carbocycles. The second-order valence-corrected chi connectivity index (χ2v) is 5.80. The Morgan fingerprint density at radius 1 is 1.56 bits per heavy atom. The van der Waals surface area contributed by atoms with Crippen molar-refractivity contribution in [2.24, 2.45) is 18.4 Å². The summed E-state index contributed by atoms with van der Waals surface area (Å²) in [5.74, 6) is 0.868. The van der Waals surface area contributed by atoms with E-state index in [4.69, 9.17) is 4.74 Å². The highest BCUT2D eigenvalue weighted by Crippen LogP contribution is 2.46. The van der Waals surface area contributed by atoms with Gasteiger partial charge >= 0.3 is 0 Å². The summed E-state index contributed by atoms with van der Waals surface area (Å²) in [5, 5.41) is 7.79. The number of nitrogens with one attached hydrogen (secondary N) is 1. The molecule has 1 aromatic heterocycles. The molecule has 1 aliphatic rings. The molecular weight excluding hydrogens is 226 g/mol. The van der Waals surface area contributed by atoms with E-state index in [2.05, 4.69) is 23.5 Å². The van der Waals surface area contributed by atoms with Gasteiger partial charge in [0.25, 0.3) is 0 Å². The molecule has 0 radical (unpaired) electrons. The number of rotatable bonds is 8. The Balaban J connectivity index is 1.89. The molecule has 1 aromatic rings. The third-order valence-corrected chi connectivity index (χ3v) is 3.94. The molecule has 2 rings (SSSR count). The number of nitrogens with zero attached hydrogens (tertiary/aromatic N) is 2. The minimum atomic E-state index is 0.358. The van der Waals surface area contributed by atoms with Crippen molar-refractivity contribution < 1.29 is 4.74 Å². The van der Waals surface area contributed by atoms with Crippen LogP contribution in [0.1, 0.15) is 25.3 Å². The second-order valence-electron chi connectivity index (χ2n) is 5.80. The summed E-state index contributed by atoms with van der Waals surface area (Å²) in [6.45, 7) is 5.19. The Kier molecular flexibility index (Phi) is 4.40. The van der Waals surface area contributed by atoms with Crippen molar-refractivity contribution in [1.82, 2.24) is 15.1 Å². The molecule has 102 valence electrons. The highest BCUT2D eigenvalue weighted by atomic mass is 16.5. The van der Waals surface area contributed by atoms with E-state index in [1.165, 1.54) is 18.4 Å². The van der Waals surface area contributed by atoms with Gasteiger partial charge in [-0.25, -0.2) is 0 Å². The molecule has 1 unspecified atom stereocenters. The fraction of sp³-hybridized carbons (Fsp3) is 0.786. The number of methoxy groups -OCH3 is 1. The van der Waals surface area contributed by atoms with Gasteiger partial charge in [0.2, 0.25) is 0 Å². The topological polar surface area (TPSA) is 39.1 Å². The summed E-state index contributed by atoms with van der Waals surface area (Å²) in [5.41, 5.74) is 1.71. The van der Waals surface area contributed by atoms with Crippen LogP contribution in [0.5, 0.6) is 0 Å². The van der Waals surface area contributed by atoms with Gasteiger partial charge in [-0.05, 0) is 36.2 Å². The van der Waals surface area contributed by atoms with Crippen molar-refractivity contribution in [3.05, 3.63) is 18.0 Å². The lowest BCUT2D eigenvalue weighted by molar-refractivity contribution is 0.187. The van der Waals surface area contributed by atoms with Gasteiger partial charge in [0.1, 0.15) is 0 Å². The van der Waals surface area contributed by atoms with E-state index in [1.807, 2.05) is 17.9 Å². The van der Waals surface area contributed by atoms with Crippen molar-refractivity contribution in [2.45, 2.75) is 26.2 Å². The molecule has 1 atom stereocenters.